The zero-order valence-electron chi connectivity index (χ0n) is 14.7. The number of nitrogens with one attached hydrogen (secondary N) is 1. The van der Waals surface area contributed by atoms with Crippen LogP contribution in [0.4, 0.5) is 10.5 Å². The minimum absolute atomic E-state index is 0.0875. The lowest BCUT2D eigenvalue weighted by atomic mass is 10.1. The summed E-state index contributed by atoms with van der Waals surface area (Å²) in [5, 5.41) is 21.5. The van der Waals surface area contributed by atoms with E-state index in [0.717, 1.165) is 5.56 Å². The molecule has 0 bridgehead atoms. The van der Waals surface area contributed by atoms with Crippen molar-refractivity contribution in [2.75, 3.05) is 5.32 Å². The molecule has 2 aromatic carbocycles. The number of carbonyl (C=O) groups excluding carboxylic acids is 2. The van der Waals surface area contributed by atoms with Gasteiger partial charge in [-0.25, -0.2) is 9.59 Å². The van der Waals surface area contributed by atoms with Crippen LogP contribution in [0.5, 0.6) is 11.8 Å². The van der Waals surface area contributed by atoms with Crippen molar-refractivity contribution in [1.82, 2.24) is 4.73 Å². The first kappa shape index (κ1) is 18.8. The predicted molar refractivity (Wildman–Crippen MR) is 99.7 cm³/mol. The largest absolute Gasteiger partial charge is 0.492 e. The van der Waals surface area contributed by atoms with Gasteiger partial charge in [0.05, 0.1) is 6.42 Å². The first-order valence-corrected chi connectivity index (χ1v) is 8.39. The summed E-state index contributed by atoms with van der Waals surface area (Å²) in [5.74, 6) is -1.45. The van der Waals surface area contributed by atoms with Gasteiger partial charge in [0.15, 0.2) is 0 Å². The molecule has 1 aromatic heterocycles. The van der Waals surface area contributed by atoms with Crippen molar-refractivity contribution in [1.29, 1.82) is 0 Å². The van der Waals surface area contributed by atoms with Gasteiger partial charge in [0.2, 0.25) is 11.8 Å². The predicted octanol–water partition coefficient (Wildman–Crippen LogP) is 2.85. The van der Waals surface area contributed by atoms with Gasteiger partial charge in [0, 0.05) is 17.8 Å². The Kier molecular flexibility index (Phi) is 5.81. The second kappa shape index (κ2) is 8.63. The summed E-state index contributed by atoms with van der Waals surface area (Å²) in [6.45, 7) is 0.162. The number of carbonyl (C=O) groups is 2. The van der Waals surface area contributed by atoms with Gasteiger partial charge >= 0.3 is 12.1 Å². The van der Waals surface area contributed by atoms with Crippen LogP contribution in [0, 0.1) is 0 Å². The second-order valence-electron chi connectivity index (χ2n) is 5.87. The molecule has 28 heavy (non-hydrogen) atoms. The molecule has 0 unspecified atom stereocenters. The van der Waals surface area contributed by atoms with Gasteiger partial charge in [0.25, 0.3) is 0 Å². The highest BCUT2D eigenvalue weighted by atomic mass is 16.7. The van der Waals surface area contributed by atoms with Crippen LogP contribution < -0.4 is 10.2 Å². The molecule has 8 heteroatoms. The number of nitrogens with zero attached hydrogens (tertiary/aromatic N) is 1. The summed E-state index contributed by atoms with van der Waals surface area (Å²) in [6, 6.07) is 18.2. The summed E-state index contributed by atoms with van der Waals surface area (Å²) in [5.41, 5.74) is 2.02. The molecule has 0 atom stereocenters. The quantitative estimate of drug-likeness (QED) is 0.605. The SMILES string of the molecule is O=C(Cc1ccc(NC(=O)OCc2ccccc2)cc1)On1c(O)ccc1O. The number of amides is 1. The fraction of sp³-hybridized carbons (Fsp3) is 0.100. The molecule has 3 aromatic rings. The molecule has 3 N–H and O–H groups in total. The Morgan fingerprint density at radius 1 is 0.857 bits per heavy atom. The van der Waals surface area contributed by atoms with E-state index in [0.29, 0.717) is 16.0 Å². The number of rotatable bonds is 6. The van der Waals surface area contributed by atoms with Gasteiger partial charge in [-0.2, -0.15) is 0 Å². The Hall–Kier alpha value is -3.94. The monoisotopic (exact) mass is 382 g/mol. The maximum absolute atomic E-state index is 11.9. The summed E-state index contributed by atoms with van der Waals surface area (Å²) in [7, 11) is 0. The average Bonchev–Trinajstić information content (AvgIpc) is 3.01. The molecule has 3 rings (SSSR count). The second-order valence-corrected chi connectivity index (χ2v) is 5.87. The van der Waals surface area contributed by atoms with Crippen molar-refractivity contribution in [3.8, 4) is 11.8 Å². The van der Waals surface area contributed by atoms with Gasteiger partial charge in [0.1, 0.15) is 6.61 Å². The minimum Gasteiger partial charge on any atom is -0.492 e. The smallest absolute Gasteiger partial charge is 0.411 e. The van der Waals surface area contributed by atoms with Crippen molar-refractivity contribution in [3.63, 3.8) is 0 Å². The summed E-state index contributed by atoms with van der Waals surface area (Å²) in [6.07, 6.45) is -0.676. The van der Waals surface area contributed by atoms with Gasteiger partial charge in [-0.1, -0.05) is 42.5 Å². The van der Waals surface area contributed by atoms with Crippen LogP contribution in [0.1, 0.15) is 11.1 Å². The van der Waals surface area contributed by atoms with E-state index in [1.807, 2.05) is 30.3 Å². The number of anilines is 1. The van der Waals surface area contributed by atoms with Gasteiger partial charge < -0.3 is 19.8 Å². The van der Waals surface area contributed by atoms with Gasteiger partial charge in [-0.05, 0) is 23.3 Å². The van der Waals surface area contributed by atoms with Crippen LogP contribution in [0.25, 0.3) is 0 Å². The zero-order valence-corrected chi connectivity index (χ0v) is 14.7. The molecule has 0 fully saturated rings. The van der Waals surface area contributed by atoms with Crippen molar-refractivity contribution >= 4 is 17.7 Å². The topological polar surface area (TPSA) is 110 Å². The molecular formula is C20H18N2O6. The highest BCUT2D eigenvalue weighted by Crippen LogP contribution is 2.19. The number of aromatic nitrogens is 1. The number of ether oxygens (including phenoxy) is 1. The third-order valence-electron chi connectivity index (χ3n) is 3.75. The van der Waals surface area contributed by atoms with E-state index < -0.39 is 12.1 Å². The lowest BCUT2D eigenvalue weighted by molar-refractivity contribution is -0.144. The van der Waals surface area contributed by atoms with Crippen LogP contribution >= 0.6 is 0 Å². The molecular weight excluding hydrogens is 364 g/mol. The standard InChI is InChI=1S/C20H18N2O6/c23-17-10-11-18(24)22(17)28-19(25)12-14-6-8-16(9-7-14)21-20(26)27-13-15-4-2-1-3-5-15/h1-11,23-24H,12-13H2,(H,21,26). The highest BCUT2D eigenvalue weighted by Gasteiger charge is 2.13. The van der Waals surface area contributed by atoms with Crippen molar-refractivity contribution < 1.29 is 29.4 Å². The van der Waals surface area contributed by atoms with Crippen LogP contribution in [0.3, 0.4) is 0 Å². The normalized spacial score (nSPS) is 10.3. The fourth-order valence-corrected chi connectivity index (χ4v) is 2.38. The van der Waals surface area contributed by atoms with E-state index in [-0.39, 0.29) is 24.8 Å². The van der Waals surface area contributed by atoms with E-state index in [1.54, 1.807) is 24.3 Å². The van der Waals surface area contributed by atoms with Crippen molar-refractivity contribution in [2.24, 2.45) is 0 Å². The Bertz CT molecular complexity index is 931. The zero-order chi connectivity index (χ0) is 19.9. The molecule has 0 radical (unpaired) electrons. The molecule has 8 nitrogen and oxygen atoms in total. The van der Waals surface area contributed by atoms with E-state index in [4.69, 9.17) is 9.57 Å². The lowest BCUT2D eigenvalue weighted by Gasteiger charge is -2.09. The molecule has 1 heterocycles. The van der Waals surface area contributed by atoms with Crippen molar-refractivity contribution in [2.45, 2.75) is 13.0 Å². The van der Waals surface area contributed by atoms with E-state index >= 15 is 0 Å². The molecule has 0 saturated carbocycles. The Balaban J connectivity index is 1.49. The van der Waals surface area contributed by atoms with Crippen LogP contribution in [-0.4, -0.2) is 27.0 Å². The highest BCUT2D eigenvalue weighted by molar-refractivity contribution is 5.84. The maximum atomic E-state index is 11.9. The third kappa shape index (κ3) is 5.04. The lowest BCUT2D eigenvalue weighted by Crippen LogP contribution is -2.20. The number of benzene rings is 2. The van der Waals surface area contributed by atoms with Crippen LogP contribution in [0.2, 0.25) is 0 Å². The summed E-state index contributed by atoms with van der Waals surface area (Å²) < 4.78 is 5.76. The first-order chi connectivity index (χ1) is 13.5. The van der Waals surface area contributed by atoms with Crippen LogP contribution in [0.15, 0.2) is 66.7 Å². The Labute approximate surface area is 160 Å². The van der Waals surface area contributed by atoms with E-state index in [2.05, 4.69) is 5.32 Å². The Morgan fingerprint density at radius 3 is 2.14 bits per heavy atom. The molecule has 144 valence electrons. The summed E-state index contributed by atoms with van der Waals surface area (Å²) in [4.78, 5) is 28.6. The minimum atomic E-state index is -0.676. The fourth-order valence-electron chi connectivity index (χ4n) is 2.38. The van der Waals surface area contributed by atoms with Gasteiger partial charge in [-0.3, -0.25) is 5.32 Å². The molecule has 0 aliphatic rings. The van der Waals surface area contributed by atoms with Crippen LogP contribution in [-0.2, 0) is 22.6 Å². The Morgan fingerprint density at radius 2 is 1.50 bits per heavy atom. The number of aromatic hydroxyl groups is 2. The first-order valence-electron chi connectivity index (χ1n) is 8.39. The number of hydrogen-bond acceptors (Lipinski definition) is 6. The number of hydrogen-bond donors (Lipinski definition) is 3. The van der Waals surface area contributed by atoms with Crippen molar-refractivity contribution in [3.05, 3.63) is 77.9 Å². The average molecular weight is 382 g/mol. The maximum Gasteiger partial charge on any atom is 0.411 e. The molecule has 0 saturated heterocycles. The third-order valence-corrected chi connectivity index (χ3v) is 3.75. The molecule has 1 amide bonds. The summed E-state index contributed by atoms with van der Waals surface area (Å²) >= 11 is 0. The molecule has 0 spiro atoms. The van der Waals surface area contributed by atoms with E-state index in [9.17, 15) is 19.8 Å². The molecule has 0 aliphatic carbocycles. The van der Waals surface area contributed by atoms with E-state index in [1.165, 1.54) is 12.1 Å². The molecule has 0 aliphatic heterocycles. The van der Waals surface area contributed by atoms with Gasteiger partial charge in [-0.15, -0.1) is 4.73 Å².